The molecule has 12 rings (SSSR count). The summed E-state index contributed by atoms with van der Waals surface area (Å²) in [5.41, 5.74) is -20.6. The van der Waals surface area contributed by atoms with Crippen LogP contribution in [0.2, 0.25) is 0 Å². The summed E-state index contributed by atoms with van der Waals surface area (Å²) in [6, 6.07) is 21.6. The van der Waals surface area contributed by atoms with Crippen LogP contribution in [-0.4, -0.2) is 19.1 Å². The van der Waals surface area contributed by atoms with Gasteiger partial charge in [0.15, 0.2) is 5.82 Å². The Kier molecular flexibility index (Phi) is 15.7. The van der Waals surface area contributed by atoms with Gasteiger partial charge in [0.1, 0.15) is 6.07 Å². The summed E-state index contributed by atoms with van der Waals surface area (Å²) < 4.78 is 349. The van der Waals surface area contributed by atoms with Crippen molar-refractivity contribution in [2.45, 2.75) is 63.3 Å². The summed E-state index contributed by atoms with van der Waals surface area (Å²) in [5, 5.41) is 11.6. The molecule has 9 aromatic carbocycles. The van der Waals surface area contributed by atoms with Crippen molar-refractivity contribution in [1.29, 1.82) is 5.26 Å². The molecule has 0 bridgehead atoms. The zero-order valence-electron chi connectivity index (χ0n) is 48.9. The zero-order valence-corrected chi connectivity index (χ0v) is 48.9. The minimum Gasteiger partial charge on any atom is -0.308 e. The topological polar surface area (TPSA) is 59.4 Å². The summed E-state index contributed by atoms with van der Waals surface area (Å²) in [6.07, 6.45) is -43.1. The van der Waals surface area contributed by atoms with E-state index in [9.17, 15) is 111 Å². The molecule has 0 amide bonds. The Labute approximate surface area is 533 Å². The first-order chi connectivity index (χ1) is 45.3. The Bertz CT molecular complexity index is 4900. The Balaban J connectivity index is 1.23. The van der Waals surface area contributed by atoms with Crippen molar-refractivity contribution >= 4 is 43.6 Å². The summed E-state index contributed by atoms with van der Waals surface area (Å²) in [4.78, 5) is 9.22. The summed E-state index contributed by atoms with van der Waals surface area (Å²) in [6.45, 7) is 2.92. The van der Waals surface area contributed by atoms with E-state index < -0.39 is 127 Å². The molecule has 0 atom stereocenters. The maximum absolute atomic E-state index is 14.5. The lowest BCUT2D eigenvalue weighted by atomic mass is 9.97. The lowest BCUT2D eigenvalue weighted by Crippen LogP contribution is -2.11. The van der Waals surface area contributed by atoms with Crippen LogP contribution in [-0.2, 0) is 49.4 Å². The number of fused-ring (bicyclic) bond motifs is 6. The summed E-state index contributed by atoms with van der Waals surface area (Å²) in [5.74, 6) is -0.333. The Hall–Kier alpha value is -10.5. The van der Waals surface area contributed by atoms with Crippen LogP contribution >= 0.6 is 0 Å². The Morgan fingerprint density at radius 3 is 0.735 bits per heavy atom. The smallest absolute Gasteiger partial charge is 0.308 e. The minimum absolute atomic E-state index is 0.0181. The number of nitrogens with zero attached hydrogens (tertiary/aromatic N) is 5. The van der Waals surface area contributed by atoms with Crippen molar-refractivity contribution in [1.82, 2.24) is 19.1 Å². The van der Waals surface area contributed by atoms with E-state index in [2.05, 4.69) is 9.97 Å². The second-order valence-electron chi connectivity index (χ2n) is 22.7. The fourth-order valence-corrected chi connectivity index (χ4v) is 11.8. The van der Waals surface area contributed by atoms with Gasteiger partial charge in [-0.25, -0.2) is 9.97 Å². The number of halogens is 24. The van der Waals surface area contributed by atoms with Crippen LogP contribution in [0.15, 0.2) is 164 Å². The number of benzene rings is 9. The Morgan fingerprint density at radius 2 is 0.510 bits per heavy atom. The first-order valence-corrected chi connectivity index (χ1v) is 28.1. The van der Waals surface area contributed by atoms with Crippen LogP contribution in [0, 0.1) is 25.2 Å². The molecule has 0 spiro atoms. The molecule has 0 aliphatic rings. The van der Waals surface area contributed by atoms with E-state index >= 15 is 0 Å². The zero-order chi connectivity index (χ0) is 71.3. The standard InChI is InChI=1S/C69H33F24N5/c1-31-11-32(2)96-61(95-31)54-29-55(97-56-20-33(37-12-42(62(70,71)72)25-43(13-37)63(73,74)75)3-7-50(56)51-8-4-34(21-57(51)97)38-14-44(64(76,77)78)26-45(15-38)65(79,80)81)41(30-94)24-60(54)98-58-22-35(39-16-46(66(82,83)84)27-47(17-39)67(85,86)87)5-9-52(58)53-10-6-36(23-59(53)98)40-18-48(68(88,89)90)28-49(19-40)69(91,92)93/h3-29H,1-2H3. The number of alkyl halides is 24. The quantitative estimate of drug-likeness (QED) is 0.149. The van der Waals surface area contributed by atoms with Crippen molar-refractivity contribution < 1.29 is 105 Å². The van der Waals surface area contributed by atoms with E-state index in [0.29, 0.717) is 48.5 Å². The van der Waals surface area contributed by atoms with Crippen molar-refractivity contribution in [2.24, 2.45) is 0 Å². The molecule has 0 fully saturated rings. The molecule has 3 heterocycles. The molecule has 0 saturated carbocycles. The van der Waals surface area contributed by atoms with Gasteiger partial charge in [-0.2, -0.15) is 111 Å². The van der Waals surface area contributed by atoms with E-state index in [-0.39, 0.29) is 119 Å². The number of nitriles is 1. The molecule has 0 radical (unpaired) electrons. The van der Waals surface area contributed by atoms with Crippen molar-refractivity contribution in [3.05, 3.63) is 225 Å². The lowest BCUT2D eigenvalue weighted by Gasteiger charge is -2.19. The van der Waals surface area contributed by atoms with Crippen LogP contribution in [0.3, 0.4) is 0 Å². The molecule has 12 aromatic rings. The highest BCUT2D eigenvalue weighted by molar-refractivity contribution is 6.13. The van der Waals surface area contributed by atoms with Crippen LogP contribution < -0.4 is 0 Å². The third-order valence-corrected chi connectivity index (χ3v) is 16.2. The summed E-state index contributed by atoms with van der Waals surface area (Å²) in [7, 11) is 0. The highest BCUT2D eigenvalue weighted by atomic mass is 19.4. The number of hydrogen-bond donors (Lipinski definition) is 0. The van der Waals surface area contributed by atoms with Gasteiger partial charge in [0.25, 0.3) is 0 Å². The lowest BCUT2D eigenvalue weighted by molar-refractivity contribution is -0.144. The molecule has 0 N–H and O–H groups in total. The van der Waals surface area contributed by atoms with Crippen molar-refractivity contribution in [3.63, 3.8) is 0 Å². The fraction of sp³-hybridized carbons (Fsp3) is 0.145. The highest BCUT2D eigenvalue weighted by Crippen LogP contribution is 2.49. The van der Waals surface area contributed by atoms with Crippen LogP contribution in [0.25, 0.3) is 111 Å². The van der Waals surface area contributed by atoms with E-state index in [1.165, 1.54) is 48.7 Å². The molecule has 3 aromatic heterocycles. The van der Waals surface area contributed by atoms with Gasteiger partial charge < -0.3 is 9.13 Å². The molecule has 98 heavy (non-hydrogen) atoms. The van der Waals surface area contributed by atoms with Gasteiger partial charge >= 0.3 is 49.4 Å². The summed E-state index contributed by atoms with van der Waals surface area (Å²) >= 11 is 0. The minimum atomic E-state index is -5.39. The van der Waals surface area contributed by atoms with Crippen LogP contribution in [0.4, 0.5) is 105 Å². The third kappa shape index (κ3) is 12.7. The molecule has 0 aliphatic carbocycles. The van der Waals surface area contributed by atoms with E-state index in [4.69, 9.17) is 0 Å². The first-order valence-electron chi connectivity index (χ1n) is 28.1. The van der Waals surface area contributed by atoms with Gasteiger partial charge in [0.2, 0.25) is 0 Å². The van der Waals surface area contributed by atoms with Gasteiger partial charge in [-0.05, 0) is 174 Å². The van der Waals surface area contributed by atoms with Crippen molar-refractivity contribution in [2.75, 3.05) is 0 Å². The molecule has 0 unspecified atom stereocenters. The average Bonchev–Trinajstić information content (AvgIpc) is 1.56. The largest absolute Gasteiger partial charge is 0.416 e. The predicted octanol–water partition coefficient (Wildman–Crippen LogP) is 23.6. The molecule has 502 valence electrons. The number of rotatable bonds is 7. The molecular formula is C69H33F24N5. The maximum Gasteiger partial charge on any atom is 0.416 e. The van der Waals surface area contributed by atoms with Crippen LogP contribution in [0.5, 0.6) is 0 Å². The number of hydrogen-bond acceptors (Lipinski definition) is 3. The molecular weight excluding hydrogens is 1350 g/mol. The fourth-order valence-electron chi connectivity index (χ4n) is 11.8. The molecule has 0 aliphatic heterocycles. The Morgan fingerprint density at radius 1 is 0.276 bits per heavy atom. The van der Waals surface area contributed by atoms with E-state index in [0.717, 1.165) is 65.2 Å². The van der Waals surface area contributed by atoms with Gasteiger partial charge in [-0.1, -0.05) is 48.5 Å². The normalized spacial score (nSPS) is 13.2. The van der Waals surface area contributed by atoms with Gasteiger partial charge in [0, 0.05) is 38.5 Å². The van der Waals surface area contributed by atoms with Gasteiger partial charge in [-0.3, -0.25) is 0 Å². The van der Waals surface area contributed by atoms with Crippen LogP contribution in [0.1, 0.15) is 61.5 Å². The van der Waals surface area contributed by atoms with Gasteiger partial charge in [-0.15, -0.1) is 0 Å². The third-order valence-electron chi connectivity index (χ3n) is 16.2. The average molecular weight is 1390 g/mol. The van der Waals surface area contributed by atoms with Crippen molar-refractivity contribution in [3.8, 4) is 73.3 Å². The maximum atomic E-state index is 14.5. The second kappa shape index (κ2) is 22.8. The molecule has 5 nitrogen and oxygen atoms in total. The van der Waals surface area contributed by atoms with E-state index in [1.54, 1.807) is 0 Å². The monoisotopic (exact) mass is 1390 g/mol. The number of aryl methyl sites for hydroxylation is 2. The van der Waals surface area contributed by atoms with E-state index in [1.807, 2.05) is 6.07 Å². The predicted molar refractivity (Wildman–Crippen MR) is 312 cm³/mol. The first kappa shape index (κ1) is 67.5. The highest BCUT2D eigenvalue weighted by Gasteiger charge is 2.42. The SMILES string of the molecule is Cc1cc(C)nc(-c2cc(-n3c4cc(-c5cc(C(F)(F)F)cc(C(F)(F)F)c5)ccc4c4ccc(-c5cc(C(F)(F)F)cc(C(F)(F)F)c5)cc43)c(C#N)cc2-n2c3cc(-c4cc(C(F)(F)F)cc(C(F)(F)F)c4)ccc3c3ccc(-c4cc(C(F)(F)F)cc(C(F)(F)F)c4)cc32)n1. The second-order valence-corrected chi connectivity index (χ2v) is 22.7. The number of aromatic nitrogens is 4. The van der Waals surface area contributed by atoms with Gasteiger partial charge in [0.05, 0.1) is 83.5 Å². The molecule has 0 saturated heterocycles. The molecule has 29 heteroatoms.